The van der Waals surface area contributed by atoms with Crippen LogP contribution in [0.1, 0.15) is 41.4 Å². The number of thiophene rings is 1. The van der Waals surface area contributed by atoms with Gasteiger partial charge in [-0.15, -0.1) is 11.3 Å². The van der Waals surface area contributed by atoms with Crippen molar-refractivity contribution in [3.05, 3.63) is 26.6 Å². The van der Waals surface area contributed by atoms with Crippen molar-refractivity contribution in [3.63, 3.8) is 0 Å². The molecule has 5 heteroatoms. The Balaban J connectivity index is 2.22. The van der Waals surface area contributed by atoms with E-state index in [0.717, 1.165) is 39.3 Å². The van der Waals surface area contributed by atoms with Crippen LogP contribution in [0.3, 0.4) is 0 Å². The fraction of sp³-hybridized carbons (Fsp3) is 0.500. The lowest BCUT2D eigenvalue weighted by Gasteiger charge is -2.23. The SMILES string of the molecule is Cc1c(CN)sc2nc(C3CCC3)[nH]c(=O)c12. The summed E-state index contributed by atoms with van der Waals surface area (Å²) in [6, 6.07) is 0. The quantitative estimate of drug-likeness (QED) is 0.855. The van der Waals surface area contributed by atoms with E-state index in [1.807, 2.05) is 6.92 Å². The first-order chi connectivity index (χ1) is 8.20. The van der Waals surface area contributed by atoms with E-state index < -0.39 is 0 Å². The maximum atomic E-state index is 12.1. The predicted octanol–water partition coefficient (Wildman–Crippen LogP) is 2.02. The van der Waals surface area contributed by atoms with Crippen LogP contribution in [0.4, 0.5) is 0 Å². The molecule has 0 spiro atoms. The van der Waals surface area contributed by atoms with E-state index in [1.165, 1.54) is 6.42 Å². The van der Waals surface area contributed by atoms with E-state index in [9.17, 15) is 4.79 Å². The molecule has 3 rings (SSSR count). The standard InChI is InChI=1S/C12H15N3OS/c1-6-8(5-13)17-12-9(6)11(16)14-10(15-12)7-3-2-4-7/h7H,2-5,13H2,1H3,(H,14,15,16). The summed E-state index contributed by atoms with van der Waals surface area (Å²) in [7, 11) is 0. The maximum absolute atomic E-state index is 12.1. The van der Waals surface area contributed by atoms with Crippen molar-refractivity contribution in [2.75, 3.05) is 0 Å². The van der Waals surface area contributed by atoms with Crippen molar-refractivity contribution < 1.29 is 0 Å². The summed E-state index contributed by atoms with van der Waals surface area (Å²) < 4.78 is 0. The Morgan fingerprint density at radius 1 is 1.53 bits per heavy atom. The first-order valence-electron chi connectivity index (χ1n) is 5.93. The van der Waals surface area contributed by atoms with E-state index >= 15 is 0 Å². The van der Waals surface area contributed by atoms with Gasteiger partial charge in [-0.2, -0.15) is 0 Å². The Morgan fingerprint density at radius 3 is 2.88 bits per heavy atom. The summed E-state index contributed by atoms with van der Waals surface area (Å²) in [4.78, 5) is 21.5. The van der Waals surface area contributed by atoms with Crippen molar-refractivity contribution >= 4 is 21.6 Å². The highest BCUT2D eigenvalue weighted by Crippen LogP contribution is 2.35. The summed E-state index contributed by atoms with van der Waals surface area (Å²) in [6.45, 7) is 2.42. The Morgan fingerprint density at radius 2 is 2.29 bits per heavy atom. The second kappa shape index (κ2) is 3.92. The van der Waals surface area contributed by atoms with Gasteiger partial charge in [0.1, 0.15) is 10.7 Å². The van der Waals surface area contributed by atoms with Crippen LogP contribution in [0.2, 0.25) is 0 Å². The van der Waals surface area contributed by atoms with Crippen LogP contribution in [-0.2, 0) is 6.54 Å². The number of H-pyrrole nitrogens is 1. The number of rotatable bonds is 2. The highest BCUT2D eigenvalue weighted by atomic mass is 32.1. The third kappa shape index (κ3) is 1.61. The maximum Gasteiger partial charge on any atom is 0.259 e. The molecule has 0 amide bonds. The molecule has 1 aliphatic rings. The first kappa shape index (κ1) is 10.9. The van der Waals surface area contributed by atoms with Crippen LogP contribution in [0.5, 0.6) is 0 Å². The molecule has 0 atom stereocenters. The van der Waals surface area contributed by atoms with Crippen molar-refractivity contribution in [3.8, 4) is 0 Å². The number of nitrogens with two attached hydrogens (primary N) is 1. The number of aromatic nitrogens is 2. The van der Waals surface area contributed by atoms with Gasteiger partial charge < -0.3 is 10.7 Å². The number of fused-ring (bicyclic) bond motifs is 1. The zero-order valence-electron chi connectivity index (χ0n) is 9.75. The zero-order valence-corrected chi connectivity index (χ0v) is 10.6. The summed E-state index contributed by atoms with van der Waals surface area (Å²) in [5.41, 5.74) is 6.65. The van der Waals surface area contributed by atoms with E-state index in [-0.39, 0.29) is 5.56 Å². The van der Waals surface area contributed by atoms with Crippen molar-refractivity contribution in [1.82, 2.24) is 9.97 Å². The lowest BCUT2D eigenvalue weighted by molar-refractivity contribution is 0.402. The lowest BCUT2D eigenvalue weighted by Crippen LogP contribution is -2.18. The van der Waals surface area contributed by atoms with E-state index in [4.69, 9.17) is 5.73 Å². The molecule has 2 aromatic rings. The van der Waals surface area contributed by atoms with Gasteiger partial charge in [0.05, 0.1) is 5.39 Å². The van der Waals surface area contributed by atoms with Crippen LogP contribution in [-0.4, -0.2) is 9.97 Å². The number of nitrogens with one attached hydrogen (secondary N) is 1. The second-order valence-electron chi connectivity index (χ2n) is 4.61. The van der Waals surface area contributed by atoms with E-state index in [1.54, 1.807) is 11.3 Å². The molecule has 1 aliphatic carbocycles. The molecule has 17 heavy (non-hydrogen) atoms. The average molecular weight is 249 g/mol. The number of hydrogen-bond donors (Lipinski definition) is 2. The fourth-order valence-corrected chi connectivity index (χ4v) is 3.34. The highest BCUT2D eigenvalue weighted by Gasteiger charge is 2.23. The fourth-order valence-electron chi connectivity index (χ4n) is 2.28. The van der Waals surface area contributed by atoms with Crippen LogP contribution >= 0.6 is 11.3 Å². The van der Waals surface area contributed by atoms with Gasteiger partial charge in [-0.25, -0.2) is 4.98 Å². The molecule has 2 heterocycles. The monoisotopic (exact) mass is 249 g/mol. The molecule has 0 saturated heterocycles. The molecule has 0 bridgehead atoms. The molecule has 2 aromatic heterocycles. The topological polar surface area (TPSA) is 71.8 Å². The molecule has 0 unspecified atom stereocenters. The number of aryl methyl sites for hydroxylation is 1. The smallest absolute Gasteiger partial charge is 0.259 e. The lowest BCUT2D eigenvalue weighted by atomic mass is 9.85. The molecule has 0 radical (unpaired) electrons. The van der Waals surface area contributed by atoms with Gasteiger partial charge in [-0.1, -0.05) is 6.42 Å². The van der Waals surface area contributed by atoms with E-state index in [0.29, 0.717) is 12.5 Å². The van der Waals surface area contributed by atoms with E-state index in [2.05, 4.69) is 9.97 Å². The van der Waals surface area contributed by atoms with Gasteiger partial charge in [-0.05, 0) is 25.3 Å². The van der Waals surface area contributed by atoms with Gasteiger partial charge in [0, 0.05) is 17.3 Å². The minimum atomic E-state index is -0.00894. The summed E-state index contributed by atoms with van der Waals surface area (Å²) in [6.07, 6.45) is 3.52. The Labute approximate surface area is 103 Å². The molecule has 0 aromatic carbocycles. The third-order valence-corrected chi connectivity index (χ3v) is 4.80. The van der Waals surface area contributed by atoms with Crippen molar-refractivity contribution in [1.29, 1.82) is 0 Å². The molecule has 1 fully saturated rings. The summed E-state index contributed by atoms with van der Waals surface area (Å²) in [5, 5.41) is 0.721. The van der Waals surface area contributed by atoms with Gasteiger partial charge in [0.2, 0.25) is 0 Å². The van der Waals surface area contributed by atoms with Crippen LogP contribution in [0.25, 0.3) is 10.2 Å². The number of nitrogens with zero attached hydrogens (tertiary/aromatic N) is 1. The average Bonchev–Trinajstić information content (AvgIpc) is 2.53. The normalized spacial score (nSPS) is 16.4. The third-order valence-electron chi connectivity index (χ3n) is 3.59. The zero-order chi connectivity index (χ0) is 12.0. The molecule has 0 aliphatic heterocycles. The Kier molecular flexibility index (Phi) is 2.52. The molecule has 3 N–H and O–H groups in total. The van der Waals surface area contributed by atoms with Gasteiger partial charge in [0.25, 0.3) is 5.56 Å². The van der Waals surface area contributed by atoms with Crippen LogP contribution in [0, 0.1) is 6.92 Å². The van der Waals surface area contributed by atoms with Crippen LogP contribution in [0.15, 0.2) is 4.79 Å². The van der Waals surface area contributed by atoms with Gasteiger partial charge in [-0.3, -0.25) is 4.79 Å². The Hall–Kier alpha value is -1.20. The minimum absolute atomic E-state index is 0.00894. The van der Waals surface area contributed by atoms with Gasteiger partial charge >= 0.3 is 0 Å². The molecule has 90 valence electrons. The molecule has 1 saturated carbocycles. The van der Waals surface area contributed by atoms with Crippen molar-refractivity contribution in [2.24, 2.45) is 5.73 Å². The number of aromatic amines is 1. The highest BCUT2D eigenvalue weighted by molar-refractivity contribution is 7.18. The second-order valence-corrected chi connectivity index (χ2v) is 5.70. The molecule has 4 nitrogen and oxygen atoms in total. The minimum Gasteiger partial charge on any atom is -0.326 e. The summed E-state index contributed by atoms with van der Waals surface area (Å²) in [5.74, 6) is 1.31. The molecular formula is C12H15N3OS. The Bertz CT molecular complexity index is 624. The first-order valence-corrected chi connectivity index (χ1v) is 6.74. The molecular weight excluding hydrogens is 234 g/mol. The van der Waals surface area contributed by atoms with Gasteiger partial charge in [0.15, 0.2) is 0 Å². The van der Waals surface area contributed by atoms with Crippen molar-refractivity contribution in [2.45, 2.75) is 38.6 Å². The van der Waals surface area contributed by atoms with Crippen LogP contribution < -0.4 is 11.3 Å². The number of hydrogen-bond acceptors (Lipinski definition) is 4. The largest absolute Gasteiger partial charge is 0.326 e. The predicted molar refractivity (Wildman–Crippen MR) is 69.5 cm³/mol. The summed E-state index contributed by atoms with van der Waals surface area (Å²) >= 11 is 1.55.